The highest BCUT2D eigenvalue weighted by atomic mass is 15.2. The molecular weight excluding hydrogens is 232 g/mol. The van der Waals surface area contributed by atoms with Gasteiger partial charge in [-0.15, -0.1) is 0 Å². The first-order valence-electron chi connectivity index (χ1n) is 6.94. The Hall–Kier alpha value is -1.96. The maximum atomic E-state index is 3.52. The molecule has 2 aromatic rings. The summed E-state index contributed by atoms with van der Waals surface area (Å²) >= 11 is 0. The number of nitrogens with one attached hydrogen (secondary N) is 1. The lowest BCUT2D eigenvalue weighted by Crippen LogP contribution is -2.19. The van der Waals surface area contributed by atoms with E-state index in [9.17, 15) is 0 Å². The molecule has 0 aliphatic carbocycles. The first kappa shape index (κ1) is 12.1. The second-order valence-electron chi connectivity index (χ2n) is 5.19. The molecule has 1 N–H and O–H groups in total. The maximum Gasteiger partial charge on any atom is 0.0646 e. The summed E-state index contributed by atoms with van der Waals surface area (Å²) in [4.78, 5) is 2.46. The molecule has 1 aliphatic heterocycles. The number of hydrogen-bond acceptors (Lipinski definition) is 2. The molecular formula is C17H20N2. The smallest absolute Gasteiger partial charge is 0.0646 e. The van der Waals surface area contributed by atoms with Gasteiger partial charge in [0.2, 0.25) is 0 Å². The van der Waals surface area contributed by atoms with E-state index in [1.807, 2.05) is 0 Å². The molecule has 3 rings (SSSR count). The van der Waals surface area contributed by atoms with E-state index in [-0.39, 0.29) is 0 Å². The van der Waals surface area contributed by atoms with Crippen LogP contribution in [0.1, 0.15) is 17.5 Å². The fraction of sp³-hybridized carbons (Fsp3) is 0.294. The van der Waals surface area contributed by atoms with Crippen LogP contribution in [0.5, 0.6) is 0 Å². The summed E-state index contributed by atoms with van der Waals surface area (Å²) in [6.45, 7) is 6.50. The molecule has 98 valence electrons. The van der Waals surface area contributed by atoms with Crippen LogP contribution in [-0.2, 0) is 0 Å². The van der Waals surface area contributed by atoms with Crippen molar-refractivity contribution in [1.82, 2.24) is 0 Å². The number of hydrogen-bond donors (Lipinski definition) is 1. The molecule has 2 aromatic carbocycles. The van der Waals surface area contributed by atoms with Crippen LogP contribution in [0.25, 0.3) is 0 Å². The van der Waals surface area contributed by atoms with Crippen molar-refractivity contribution in [3.05, 3.63) is 53.6 Å². The van der Waals surface area contributed by atoms with E-state index in [0.29, 0.717) is 0 Å². The second-order valence-corrected chi connectivity index (χ2v) is 5.19. The Balaban J connectivity index is 2.15. The van der Waals surface area contributed by atoms with Gasteiger partial charge in [-0.05, 0) is 43.5 Å². The van der Waals surface area contributed by atoms with Gasteiger partial charge < -0.3 is 10.2 Å². The van der Waals surface area contributed by atoms with E-state index in [1.54, 1.807) is 0 Å². The molecule has 0 spiro atoms. The van der Waals surface area contributed by atoms with E-state index >= 15 is 0 Å². The van der Waals surface area contributed by atoms with E-state index in [1.165, 1.54) is 28.2 Å². The van der Waals surface area contributed by atoms with Crippen LogP contribution in [0.3, 0.4) is 0 Å². The van der Waals surface area contributed by atoms with Gasteiger partial charge in [0.25, 0.3) is 0 Å². The lowest BCUT2D eigenvalue weighted by Gasteiger charge is -2.28. The number of aryl methyl sites for hydroxylation is 2. The molecule has 0 radical (unpaired) electrons. The van der Waals surface area contributed by atoms with Crippen molar-refractivity contribution >= 4 is 17.1 Å². The second kappa shape index (κ2) is 4.96. The SMILES string of the molecule is Cc1cccc(C)c1N1CCCNc2ccccc21. The van der Waals surface area contributed by atoms with Crippen molar-refractivity contribution in [2.75, 3.05) is 23.3 Å². The van der Waals surface area contributed by atoms with E-state index in [0.717, 1.165) is 19.5 Å². The van der Waals surface area contributed by atoms with E-state index in [4.69, 9.17) is 0 Å². The third-order valence-corrected chi connectivity index (χ3v) is 3.78. The van der Waals surface area contributed by atoms with E-state index in [2.05, 4.69) is 66.5 Å². The minimum atomic E-state index is 1.04. The zero-order valence-corrected chi connectivity index (χ0v) is 11.6. The highest BCUT2D eigenvalue weighted by Crippen LogP contribution is 2.37. The quantitative estimate of drug-likeness (QED) is 0.816. The molecule has 0 fully saturated rings. The zero-order chi connectivity index (χ0) is 13.2. The Morgan fingerprint density at radius 2 is 1.68 bits per heavy atom. The Bertz CT molecular complexity index is 569. The molecule has 2 heteroatoms. The number of nitrogens with zero attached hydrogens (tertiary/aromatic N) is 1. The first-order valence-corrected chi connectivity index (χ1v) is 6.94. The Labute approximate surface area is 115 Å². The molecule has 1 aliphatic rings. The molecule has 0 atom stereocenters. The van der Waals surface area contributed by atoms with Gasteiger partial charge in [-0.1, -0.05) is 30.3 Å². The van der Waals surface area contributed by atoms with Crippen LogP contribution < -0.4 is 10.2 Å². The predicted octanol–water partition coefficient (Wildman–Crippen LogP) is 4.26. The monoisotopic (exact) mass is 252 g/mol. The normalized spacial score (nSPS) is 14.5. The standard InChI is InChI=1S/C17H20N2/c1-13-7-5-8-14(2)17(13)19-12-6-11-18-15-9-3-4-10-16(15)19/h3-5,7-10,18H,6,11-12H2,1-2H3. The maximum absolute atomic E-state index is 3.52. The Kier molecular flexibility index (Phi) is 3.16. The van der Waals surface area contributed by atoms with Crippen molar-refractivity contribution in [2.45, 2.75) is 20.3 Å². The highest BCUT2D eigenvalue weighted by molar-refractivity contribution is 5.79. The van der Waals surface area contributed by atoms with E-state index < -0.39 is 0 Å². The highest BCUT2D eigenvalue weighted by Gasteiger charge is 2.18. The summed E-state index contributed by atoms with van der Waals surface area (Å²) in [5.41, 5.74) is 6.58. The predicted molar refractivity (Wildman–Crippen MR) is 82.5 cm³/mol. The van der Waals surface area contributed by atoms with Crippen LogP contribution in [0.4, 0.5) is 17.1 Å². The summed E-state index contributed by atoms with van der Waals surface area (Å²) in [6, 6.07) is 15.1. The lowest BCUT2D eigenvalue weighted by molar-refractivity contribution is 0.859. The summed E-state index contributed by atoms with van der Waals surface area (Å²) in [7, 11) is 0. The van der Waals surface area contributed by atoms with Gasteiger partial charge in [-0.3, -0.25) is 0 Å². The van der Waals surface area contributed by atoms with Crippen molar-refractivity contribution in [3.8, 4) is 0 Å². The van der Waals surface area contributed by atoms with Crippen molar-refractivity contribution in [2.24, 2.45) is 0 Å². The van der Waals surface area contributed by atoms with Crippen LogP contribution in [0.2, 0.25) is 0 Å². The molecule has 0 saturated heterocycles. The van der Waals surface area contributed by atoms with Crippen molar-refractivity contribution < 1.29 is 0 Å². The van der Waals surface area contributed by atoms with Gasteiger partial charge in [-0.2, -0.15) is 0 Å². The fourth-order valence-electron chi connectivity index (χ4n) is 2.90. The molecule has 0 aromatic heterocycles. The number of para-hydroxylation sites is 3. The van der Waals surface area contributed by atoms with Gasteiger partial charge in [0, 0.05) is 18.8 Å². The molecule has 19 heavy (non-hydrogen) atoms. The number of fused-ring (bicyclic) bond motifs is 1. The number of anilines is 3. The van der Waals surface area contributed by atoms with Crippen molar-refractivity contribution in [3.63, 3.8) is 0 Å². The molecule has 0 amide bonds. The molecule has 0 bridgehead atoms. The number of benzene rings is 2. The summed E-state index contributed by atoms with van der Waals surface area (Å²) in [5.74, 6) is 0. The van der Waals surface area contributed by atoms with Crippen molar-refractivity contribution in [1.29, 1.82) is 0 Å². The topological polar surface area (TPSA) is 15.3 Å². The Morgan fingerprint density at radius 1 is 0.947 bits per heavy atom. The van der Waals surface area contributed by atoms with Gasteiger partial charge in [0.05, 0.1) is 11.4 Å². The largest absolute Gasteiger partial charge is 0.383 e. The summed E-state index contributed by atoms with van der Waals surface area (Å²) < 4.78 is 0. The number of rotatable bonds is 1. The van der Waals surface area contributed by atoms with Crippen LogP contribution in [-0.4, -0.2) is 13.1 Å². The van der Waals surface area contributed by atoms with Crippen LogP contribution in [0.15, 0.2) is 42.5 Å². The van der Waals surface area contributed by atoms with Gasteiger partial charge >= 0.3 is 0 Å². The molecule has 1 heterocycles. The molecule has 2 nitrogen and oxygen atoms in total. The van der Waals surface area contributed by atoms with Gasteiger partial charge in [0.1, 0.15) is 0 Å². The third-order valence-electron chi connectivity index (χ3n) is 3.78. The Morgan fingerprint density at radius 3 is 2.47 bits per heavy atom. The average molecular weight is 252 g/mol. The minimum Gasteiger partial charge on any atom is -0.383 e. The third kappa shape index (κ3) is 2.19. The fourth-order valence-corrected chi connectivity index (χ4v) is 2.90. The van der Waals surface area contributed by atoms with Gasteiger partial charge in [-0.25, -0.2) is 0 Å². The summed E-state index contributed by atoms with van der Waals surface area (Å²) in [5, 5.41) is 3.52. The average Bonchev–Trinajstić information content (AvgIpc) is 2.62. The van der Waals surface area contributed by atoms with Crippen LogP contribution >= 0.6 is 0 Å². The van der Waals surface area contributed by atoms with Crippen LogP contribution in [0, 0.1) is 13.8 Å². The molecule has 0 unspecified atom stereocenters. The lowest BCUT2D eigenvalue weighted by atomic mass is 10.1. The first-order chi connectivity index (χ1) is 9.27. The van der Waals surface area contributed by atoms with Gasteiger partial charge in [0.15, 0.2) is 0 Å². The molecule has 0 saturated carbocycles. The zero-order valence-electron chi connectivity index (χ0n) is 11.6. The minimum absolute atomic E-state index is 1.04. The summed E-state index contributed by atoms with van der Waals surface area (Å²) in [6.07, 6.45) is 1.16.